The third-order valence-corrected chi connectivity index (χ3v) is 5.64. The molecule has 0 amide bonds. The fraction of sp³-hybridized carbons (Fsp3) is 0.0625. The Bertz CT molecular complexity index is 1090. The first kappa shape index (κ1) is 15.7. The number of aromatic nitrogens is 1. The quantitative estimate of drug-likeness (QED) is 0.768. The lowest BCUT2D eigenvalue weighted by molar-refractivity contribution is 0.588. The van der Waals surface area contributed by atoms with Gasteiger partial charge in [0.25, 0.3) is 0 Å². The monoisotopic (exact) mass is 351 g/mol. The first-order valence-corrected chi connectivity index (χ1v) is 8.49. The Kier molecular flexibility index (Phi) is 3.74. The number of fused-ring (bicyclic) bond motifs is 1. The SMILES string of the molecule is Cc1ccc(S(=O)(=O)c2c[nH]c3c(Cl)cccc3c2=O)cc1F. The van der Waals surface area contributed by atoms with E-state index in [0.29, 0.717) is 16.1 Å². The van der Waals surface area contributed by atoms with E-state index in [1.165, 1.54) is 25.1 Å². The Morgan fingerprint density at radius 2 is 1.91 bits per heavy atom. The molecule has 118 valence electrons. The fourth-order valence-electron chi connectivity index (χ4n) is 2.26. The lowest BCUT2D eigenvalue weighted by Gasteiger charge is -2.07. The average Bonchev–Trinajstić information content (AvgIpc) is 2.51. The van der Waals surface area contributed by atoms with Crippen LogP contribution in [0.25, 0.3) is 10.9 Å². The molecule has 3 rings (SSSR count). The molecule has 4 nitrogen and oxygen atoms in total. The lowest BCUT2D eigenvalue weighted by atomic mass is 10.2. The maximum atomic E-state index is 13.7. The van der Waals surface area contributed by atoms with Gasteiger partial charge in [-0.2, -0.15) is 0 Å². The number of aryl methyl sites for hydroxylation is 1. The molecule has 23 heavy (non-hydrogen) atoms. The molecule has 0 aliphatic heterocycles. The zero-order valence-corrected chi connectivity index (χ0v) is 13.5. The van der Waals surface area contributed by atoms with Crippen molar-refractivity contribution >= 4 is 32.3 Å². The van der Waals surface area contributed by atoms with Gasteiger partial charge in [-0.05, 0) is 36.8 Å². The van der Waals surface area contributed by atoms with Crippen molar-refractivity contribution in [3.63, 3.8) is 0 Å². The fourth-order valence-corrected chi connectivity index (χ4v) is 3.82. The normalized spacial score (nSPS) is 11.8. The third kappa shape index (κ3) is 2.54. The Morgan fingerprint density at radius 3 is 2.61 bits per heavy atom. The number of benzene rings is 2. The van der Waals surface area contributed by atoms with E-state index in [1.54, 1.807) is 12.1 Å². The second kappa shape index (κ2) is 5.47. The summed E-state index contributed by atoms with van der Waals surface area (Å²) in [6, 6.07) is 8.16. The van der Waals surface area contributed by atoms with Gasteiger partial charge < -0.3 is 4.98 Å². The Labute approximate surface area is 136 Å². The van der Waals surface area contributed by atoms with Gasteiger partial charge in [0.1, 0.15) is 10.7 Å². The Hall–Kier alpha value is -2.18. The molecule has 1 N–H and O–H groups in total. The van der Waals surface area contributed by atoms with E-state index in [1.807, 2.05) is 0 Å². The molecule has 0 saturated heterocycles. The number of aromatic amines is 1. The Morgan fingerprint density at radius 1 is 1.17 bits per heavy atom. The van der Waals surface area contributed by atoms with Crippen LogP contribution < -0.4 is 5.43 Å². The standard InChI is InChI=1S/C16H11ClFNO3S/c1-9-5-6-10(7-13(9)18)23(21,22)14-8-19-15-11(16(14)20)3-2-4-12(15)17/h2-8H,1H3,(H,19,20). The maximum absolute atomic E-state index is 13.7. The van der Waals surface area contributed by atoms with Crippen molar-refractivity contribution in [1.29, 1.82) is 0 Å². The first-order chi connectivity index (χ1) is 10.8. The van der Waals surface area contributed by atoms with Crippen molar-refractivity contribution in [2.45, 2.75) is 16.7 Å². The number of pyridine rings is 1. The first-order valence-electron chi connectivity index (χ1n) is 6.63. The topological polar surface area (TPSA) is 67.0 Å². The minimum Gasteiger partial charge on any atom is -0.358 e. The van der Waals surface area contributed by atoms with Gasteiger partial charge in [0, 0.05) is 11.6 Å². The molecular formula is C16H11ClFNO3S. The van der Waals surface area contributed by atoms with Crippen molar-refractivity contribution in [3.8, 4) is 0 Å². The number of rotatable bonds is 2. The second-order valence-electron chi connectivity index (χ2n) is 5.06. The largest absolute Gasteiger partial charge is 0.358 e. The molecule has 0 fully saturated rings. The molecule has 0 atom stereocenters. The number of hydrogen-bond acceptors (Lipinski definition) is 3. The van der Waals surface area contributed by atoms with E-state index < -0.39 is 26.0 Å². The third-order valence-electron chi connectivity index (χ3n) is 3.57. The van der Waals surface area contributed by atoms with Gasteiger partial charge in [-0.25, -0.2) is 12.8 Å². The molecule has 2 aromatic carbocycles. The summed E-state index contributed by atoms with van der Waals surface area (Å²) in [6.07, 6.45) is 1.09. The summed E-state index contributed by atoms with van der Waals surface area (Å²) < 4.78 is 38.9. The molecule has 1 heterocycles. The minimum atomic E-state index is -4.14. The molecule has 3 aromatic rings. The van der Waals surface area contributed by atoms with Crippen LogP contribution in [0.1, 0.15) is 5.56 Å². The number of hydrogen-bond donors (Lipinski definition) is 1. The maximum Gasteiger partial charge on any atom is 0.212 e. The molecule has 1 aromatic heterocycles. The molecule has 0 unspecified atom stereocenters. The van der Waals surface area contributed by atoms with Crippen molar-refractivity contribution in [3.05, 3.63) is 69.2 Å². The van der Waals surface area contributed by atoms with Gasteiger partial charge >= 0.3 is 0 Å². The van der Waals surface area contributed by atoms with E-state index in [2.05, 4.69) is 4.98 Å². The summed E-state index contributed by atoms with van der Waals surface area (Å²) in [5.74, 6) is -0.647. The number of para-hydroxylation sites is 1. The van der Waals surface area contributed by atoms with Crippen LogP contribution >= 0.6 is 11.6 Å². The molecule has 0 bridgehead atoms. The number of halogens is 2. The minimum absolute atomic E-state index is 0.158. The summed E-state index contributed by atoms with van der Waals surface area (Å²) in [7, 11) is -4.14. The number of nitrogens with one attached hydrogen (secondary N) is 1. The summed E-state index contributed by atoms with van der Waals surface area (Å²) in [6.45, 7) is 1.52. The number of sulfone groups is 1. The summed E-state index contributed by atoms with van der Waals surface area (Å²) in [5.41, 5.74) is -0.00131. The van der Waals surface area contributed by atoms with Crippen LogP contribution in [0, 0.1) is 12.7 Å². The Balaban J connectivity index is 2.29. The second-order valence-corrected chi connectivity index (χ2v) is 7.38. The van der Waals surface area contributed by atoms with Crippen LogP contribution in [0.15, 0.2) is 57.2 Å². The van der Waals surface area contributed by atoms with E-state index in [-0.39, 0.29) is 10.3 Å². The van der Waals surface area contributed by atoms with Gasteiger partial charge in [-0.15, -0.1) is 0 Å². The van der Waals surface area contributed by atoms with Gasteiger partial charge in [0.15, 0.2) is 0 Å². The summed E-state index contributed by atoms with van der Waals surface area (Å²) >= 11 is 5.98. The molecule has 0 aliphatic rings. The highest BCUT2D eigenvalue weighted by Gasteiger charge is 2.23. The van der Waals surface area contributed by atoms with Crippen LogP contribution in [0.3, 0.4) is 0 Å². The average molecular weight is 352 g/mol. The zero-order chi connectivity index (χ0) is 16.8. The van der Waals surface area contributed by atoms with E-state index in [0.717, 1.165) is 12.3 Å². The van der Waals surface area contributed by atoms with Crippen molar-refractivity contribution < 1.29 is 12.8 Å². The highest BCUT2D eigenvalue weighted by atomic mass is 35.5. The molecule has 7 heteroatoms. The highest BCUT2D eigenvalue weighted by molar-refractivity contribution is 7.91. The van der Waals surface area contributed by atoms with Crippen molar-refractivity contribution in [1.82, 2.24) is 4.98 Å². The van der Waals surface area contributed by atoms with Crippen molar-refractivity contribution in [2.75, 3.05) is 0 Å². The van der Waals surface area contributed by atoms with E-state index in [4.69, 9.17) is 11.6 Å². The van der Waals surface area contributed by atoms with Crippen LogP contribution in [-0.4, -0.2) is 13.4 Å². The van der Waals surface area contributed by atoms with Gasteiger partial charge in [-0.1, -0.05) is 23.7 Å². The van der Waals surface area contributed by atoms with Gasteiger partial charge in [0.05, 0.1) is 15.4 Å². The molecule has 0 aliphatic carbocycles. The zero-order valence-electron chi connectivity index (χ0n) is 11.9. The summed E-state index contributed by atoms with van der Waals surface area (Å²) in [4.78, 5) is 14.5. The van der Waals surface area contributed by atoms with Gasteiger partial charge in [-0.3, -0.25) is 4.79 Å². The summed E-state index contributed by atoms with van der Waals surface area (Å²) in [5, 5.41) is 0.469. The molecule has 0 radical (unpaired) electrons. The van der Waals surface area contributed by atoms with E-state index >= 15 is 0 Å². The van der Waals surface area contributed by atoms with Crippen LogP contribution in [0.5, 0.6) is 0 Å². The van der Waals surface area contributed by atoms with Crippen LogP contribution in [0.4, 0.5) is 4.39 Å². The van der Waals surface area contributed by atoms with Crippen molar-refractivity contribution in [2.24, 2.45) is 0 Å². The number of H-pyrrole nitrogens is 1. The predicted octanol–water partition coefficient (Wildman–Crippen LogP) is 3.46. The molecular weight excluding hydrogens is 341 g/mol. The lowest BCUT2D eigenvalue weighted by Crippen LogP contribution is -2.16. The molecule has 0 spiro atoms. The van der Waals surface area contributed by atoms with E-state index in [9.17, 15) is 17.6 Å². The highest BCUT2D eigenvalue weighted by Crippen LogP contribution is 2.24. The van der Waals surface area contributed by atoms with Gasteiger partial charge in [0.2, 0.25) is 15.3 Å². The smallest absolute Gasteiger partial charge is 0.212 e. The predicted molar refractivity (Wildman–Crippen MR) is 86.2 cm³/mol. The van der Waals surface area contributed by atoms with Crippen LogP contribution in [-0.2, 0) is 9.84 Å². The van der Waals surface area contributed by atoms with Crippen LogP contribution in [0.2, 0.25) is 5.02 Å². The molecule has 0 saturated carbocycles.